The summed E-state index contributed by atoms with van der Waals surface area (Å²) in [5.74, 6) is 0. The van der Waals surface area contributed by atoms with Gasteiger partial charge in [-0.3, -0.25) is 5.26 Å². The minimum absolute atomic E-state index is 0.0483. The largest absolute Gasteiger partial charge is 0.396 e. The van der Waals surface area contributed by atoms with Gasteiger partial charge in [-0.25, -0.2) is 4.89 Å². The summed E-state index contributed by atoms with van der Waals surface area (Å²) >= 11 is 0. The Morgan fingerprint density at radius 1 is 1.38 bits per heavy atom. The van der Waals surface area contributed by atoms with Gasteiger partial charge >= 0.3 is 0 Å². The van der Waals surface area contributed by atoms with Crippen molar-refractivity contribution in [2.45, 2.75) is 25.4 Å². The van der Waals surface area contributed by atoms with Gasteiger partial charge in [0.25, 0.3) is 0 Å². The number of nitrogens with zero attached hydrogens (tertiary/aromatic N) is 1. The van der Waals surface area contributed by atoms with Crippen molar-refractivity contribution in [1.29, 1.82) is 5.26 Å². The van der Waals surface area contributed by atoms with E-state index in [1.54, 1.807) is 19.1 Å². The van der Waals surface area contributed by atoms with Crippen LogP contribution in [0.15, 0.2) is 24.3 Å². The van der Waals surface area contributed by atoms with Crippen LogP contribution in [0, 0.1) is 11.3 Å². The smallest absolute Gasteiger partial charge is 0.107 e. The van der Waals surface area contributed by atoms with E-state index in [4.69, 9.17) is 15.6 Å². The van der Waals surface area contributed by atoms with E-state index in [2.05, 4.69) is 4.89 Å². The summed E-state index contributed by atoms with van der Waals surface area (Å²) in [6.45, 7) is 1.68. The number of hydrogen-bond donors (Lipinski definition) is 2. The Hall–Kier alpha value is -1.41. The SMILES string of the molecule is C[C@](CCO)(Cc1ccc(C#N)cc1)OO. The summed E-state index contributed by atoms with van der Waals surface area (Å²) in [5, 5.41) is 26.3. The molecule has 0 spiro atoms. The lowest BCUT2D eigenvalue weighted by molar-refractivity contribution is -0.320. The zero-order chi connectivity index (χ0) is 12.0. The molecule has 1 aromatic rings. The predicted octanol–water partition coefficient (Wildman–Crippen LogP) is 1.73. The normalized spacial score (nSPS) is 14.1. The predicted molar refractivity (Wildman–Crippen MR) is 58.7 cm³/mol. The molecule has 16 heavy (non-hydrogen) atoms. The molecule has 0 heterocycles. The van der Waals surface area contributed by atoms with E-state index in [-0.39, 0.29) is 6.61 Å². The lowest BCUT2D eigenvalue weighted by Gasteiger charge is -2.24. The highest BCUT2D eigenvalue weighted by Crippen LogP contribution is 2.20. The van der Waals surface area contributed by atoms with Crippen molar-refractivity contribution >= 4 is 0 Å². The molecule has 2 N–H and O–H groups in total. The van der Waals surface area contributed by atoms with E-state index in [0.717, 1.165) is 5.56 Å². The lowest BCUT2D eigenvalue weighted by Crippen LogP contribution is -2.31. The second-order valence-corrected chi connectivity index (χ2v) is 4.00. The third-order valence-corrected chi connectivity index (χ3v) is 2.52. The number of benzene rings is 1. The van der Waals surface area contributed by atoms with Crippen LogP contribution in [-0.4, -0.2) is 22.6 Å². The topological polar surface area (TPSA) is 73.5 Å². The molecule has 0 aliphatic carbocycles. The molecule has 0 bridgehead atoms. The quantitative estimate of drug-likeness (QED) is 0.586. The molecule has 1 rings (SSSR count). The summed E-state index contributed by atoms with van der Waals surface area (Å²) in [5.41, 5.74) is 0.754. The molecule has 0 aromatic heterocycles. The van der Waals surface area contributed by atoms with Gasteiger partial charge < -0.3 is 5.11 Å². The van der Waals surface area contributed by atoms with E-state index in [1.165, 1.54) is 0 Å². The van der Waals surface area contributed by atoms with Crippen LogP contribution < -0.4 is 0 Å². The molecule has 0 saturated heterocycles. The molecule has 1 aromatic carbocycles. The van der Waals surface area contributed by atoms with Crippen LogP contribution in [0.1, 0.15) is 24.5 Å². The van der Waals surface area contributed by atoms with E-state index >= 15 is 0 Å². The van der Waals surface area contributed by atoms with Gasteiger partial charge in [-0.2, -0.15) is 5.26 Å². The van der Waals surface area contributed by atoms with Gasteiger partial charge in [-0.15, -0.1) is 0 Å². The highest BCUT2D eigenvalue weighted by molar-refractivity contribution is 5.32. The lowest BCUT2D eigenvalue weighted by atomic mass is 9.93. The first-order valence-electron chi connectivity index (χ1n) is 5.06. The third kappa shape index (κ3) is 3.31. The molecule has 4 heteroatoms. The van der Waals surface area contributed by atoms with Gasteiger partial charge in [0.2, 0.25) is 0 Å². The van der Waals surface area contributed by atoms with Gasteiger partial charge in [0.05, 0.1) is 11.6 Å². The first kappa shape index (κ1) is 12.7. The van der Waals surface area contributed by atoms with Crippen LogP contribution in [0.5, 0.6) is 0 Å². The van der Waals surface area contributed by atoms with Crippen LogP contribution in [0.25, 0.3) is 0 Å². The number of aliphatic hydroxyl groups is 1. The van der Waals surface area contributed by atoms with Gasteiger partial charge in [0, 0.05) is 19.4 Å². The zero-order valence-electron chi connectivity index (χ0n) is 9.18. The molecule has 0 aliphatic rings. The molecular weight excluding hydrogens is 206 g/mol. The third-order valence-electron chi connectivity index (χ3n) is 2.52. The maximum absolute atomic E-state index is 8.86. The number of nitriles is 1. The van der Waals surface area contributed by atoms with Gasteiger partial charge in [-0.1, -0.05) is 12.1 Å². The Morgan fingerprint density at radius 2 is 2.00 bits per heavy atom. The molecule has 4 nitrogen and oxygen atoms in total. The van der Waals surface area contributed by atoms with Crippen LogP contribution >= 0.6 is 0 Å². The van der Waals surface area contributed by atoms with Gasteiger partial charge in [0.1, 0.15) is 5.60 Å². The number of rotatable bonds is 5. The van der Waals surface area contributed by atoms with E-state index in [9.17, 15) is 0 Å². The average molecular weight is 221 g/mol. The molecule has 0 unspecified atom stereocenters. The molecule has 0 amide bonds. The summed E-state index contributed by atoms with van der Waals surface area (Å²) < 4.78 is 0. The van der Waals surface area contributed by atoms with Crippen LogP contribution in [0.3, 0.4) is 0 Å². The Bertz CT molecular complexity index is 369. The van der Waals surface area contributed by atoms with E-state index in [1.807, 2.05) is 18.2 Å². The van der Waals surface area contributed by atoms with Crippen molar-refractivity contribution < 1.29 is 15.3 Å². The van der Waals surface area contributed by atoms with Gasteiger partial charge in [-0.05, 0) is 24.6 Å². The monoisotopic (exact) mass is 221 g/mol. The average Bonchev–Trinajstić information content (AvgIpc) is 2.30. The Labute approximate surface area is 94.6 Å². The van der Waals surface area contributed by atoms with Crippen molar-refractivity contribution in [3.05, 3.63) is 35.4 Å². The standard InChI is InChI=1S/C12H15NO3/c1-12(16-15,6-7-14)8-10-2-4-11(9-13)5-3-10/h2-5,14-15H,6-8H2,1H3/t12-/m0/s1. The fraction of sp³-hybridized carbons (Fsp3) is 0.417. The second-order valence-electron chi connectivity index (χ2n) is 4.00. The fourth-order valence-electron chi connectivity index (χ4n) is 1.53. The van der Waals surface area contributed by atoms with Crippen molar-refractivity contribution in [1.82, 2.24) is 0 Å². The molecule has 0 saturated carbocycles. The van der Waals surface area contributed by atoms with Crippen LogP contribution in [-0.2, 0) is 11.3 Å². The summed E-state index contributed by atoms with van der Waals surface area (Å²) in [7, 11) is 0. The molecule has 0 radical (unpaired) electrons. The van der Waals surface area contributed by atoms with E-state index < -0.39 is 5.60 Å². The Balaban J connectivity index is 2.75. The summed E-state index contributed by atoms with van der Waals surface area (Å²) in [6, 6.07) is 9.09. The van der Waals surface area contributed by atoms with Crippen molar-refractivity contribution in [2.24, 2.45) is 0 Å². The minimum atomic E-state index is -0.789. The minimum Gasteiger partial charge on any atom is -0.396 e. The molecule has 0 aliphatic heterocycles. The number of aliphatic hydroxyl groups excluding tert-OH is 1. The first-order chi connectivity index (χ1) is 7.63. The second kappa shape index (κ2) is 5.61. The highest BCUT2D eigenvalue weighted by Gasteiger charge is 2.25. The summed E-state index contributed by atoms with van der Waals surface area (Å²) in [6.07, 6.45) is 0.833. The molecular formula is C12H15NO3. The van der Waals surface area contributed by atoms with Crippen LogP contribution in [0.2, 0.25) is 0 Å². The van der Waals surface area contributed by atoms with Crippen molar-refractivity contribution in [3.8, 4) is 6.07 Å². The zero-order valence-corrected chi connectivity index (χ0v) is 9.18. The Kier molecular flexibility index (Phi) is 4.44. The maximum atomic E-state index is 8.86. The Morgan fingerprint density at radius 3 is 2.44 bits per heavy atom. The molecule has 0 fully saturated rings. The molecule has 86 valence electrons. The fourth-order valence-corrected chi connectivity index (χ4v) is 1.53. The van der Waals surface area contributed by atoms with Crippen LogP contribution in [0.4, 0.5) is 0 Å². The first-order valence-corrected chi connectivity index (χ1v) is 5.06. The molecule has 1 atom stereocenters. The number of hydrogen-bond acceptors (Lipinski definition) is 4. The maximum Gasteiger partial charge on any atom is 0.107 e. The van der Waals surface area contributed by atoms with Crippen molar-refractivity contribution in [3.63, 3.8) is 0 Å². The van der Waals surface area contributed by atoms with E-state index in [0.29, 0.717) is 18.4 Å². The summed E-state index contributed by atoms with van der Waals surface area (Å²) in [4.78, 5) is 4.41. The van der Waals surface area contributed by atoms with Gasteiger partial charge in [0.15, 0.2) is 0 Å². The van der Waals surface area contributed by atoms with Crippen molar-refractivity contribution in [2.75, 3.05) is 6.61 Å². The highest BCUT2D eigenvalue weighted by atomic mass is 17.1.